The summed E-state index contributed by atoms with van der Waals surface area (Å²) in [5.74, 6) is 1.06. The molecule has 0 aliphatic carbocycles. The van der Waals surface area contributed by atoms with E-state index in [0.717, 1.165) is 37.2 Å². The zero-order chi connectivity index (χ0) is 23.8. The minimum atomic E-state index is -0.298. The minimum Gasteiger partial charge on any atom is -0.438 e. The van der Waals surface area contributed by atoms with Gasteiger partial charge < -0.3 is 14.5 Å². The van der Waals surface area contributed by atoms with Crippen LogP contribution in [0.15, 0.2) is 36.4 Å². The number of aromatic nitrogens is 2. The zero-order valence-corrected chi connectivity index (χ0v) is 20.2. The second kappa shape index (κ2) is 9.39. The third-order valence-corrected chi connectivity index (χ3v) is 6.94. The standard InChI is InChI=1S/C25H23Cl2FN4O2/c1-15-12-17(5-7-21(15)28)34-23-18-14-32(24(33)16-4-6-19(26)20(27)13-16)11-8-22(18)29-25(30-23)31-9-2-3-10-31/h4-7,12-13H,2-3,8-11,14H2,1H3. The summed E-state index contributed by atoms with van der Waals surface area (Å²) in [6.45, 7) is 4.29. The molecule has 0 N–H and O–H groups in total. The molecule has 1 amide bonds. The number of halogens is 3. The van der Waals surface area contributed by atoms with E-state index in [1.165, 1.54) is 6.07 Å². The van der Waals surface area contributed by atoms with Crippen LogP contribution < -0.4 is 9.64 Å². The molecule has 2 aliphatic rings. The van der Waals surface area contributed by atoms with Gasteiger partial charge in [0.2, 0.25) is 11.8 Å². The first kappa shape index (κ1) is 22.9. The van der Waals surface area contributed by atoms with Gasteiger partial charge in [-0.05, 0) is 61.7 Å². The fraction of sp³-hybridized carbons (Fsp3) is 0.320. The van der Waals surface area contributed by atoms with Crippen molar-refractivity contribution in [1.82, 2.24) is 14.9 Å². The van der Waals surface area contributed by atoms with E-state index in [0.29, 0.717) is 58.3 Å². The van der Waals surface area contributed by atoms with Crippen LogP contribution >= 0.6 is 23.2 Å². The summed E-state index contributed by atoms with van der Waals surface area (Å²) in [6, 6.07) is 9.45. The molecule has 2 aromatic carbocycles. The molecular weight excluding hydrogens is 478 g/mol. The highest BCUT2D eigenvalue weighted by atomic mass is 35.5. The van der Waals surface area contributed by atoms with Gasteiger partial charge in [-0.1, -0.05) is 23.2 Å². The van der Waals surface area contributed by atoms with Crippen molar-refractivity contribution >= 4 is 35.1 Å². The lowest BCUT2D eigenvalue weighted by atomic mass is 10.1. The van der Waals surface area contributed by atoms with Crippen LogP contribution in [0.2, 0.25) is 10.0 Å². The van der Waals surface area contributed by atoms with Crippen molar-refractivity contribution in [1.29, 1.82) is 0 Å². The first-order valence-corrected chi connectivity index (χ1v) is 12.0. The summed E-state index contributed by atoms with van der Waals surface area (Å²) in [6.07, 6.45) is 2.77. The highest BCUT2D eigenvalue weighted by Crippen LogP contribution is 2.33. The molecule has 0 unspecified atom stereocenters. The molecule has 1 saturated heterocycles. The number of nitrogens with zero attached hydrogens (tertiary/aromatic N) is 4. The molecule has 1 aromatic heterocycles. The van der Waals surface area contributed by atoms with E-state index in [9.17, 15) is 9.18 Å². The molecule has 6 nitrogen and oxygen atoms in total. The predicted octanol–water partition coefficient (Wildman–Crippen LogP) is 5.82. The maximum atomic E-state index is 13.8. The minimum absolute atomic E-state index is 0.156. The Morgan fingerprint density at radius 3 is 2.56 bits per heavy atom. The van der Waals surface area contributed by atoms with Gasteiger partial charge in [0, 0.05) is 31.6 Å². The molecule has 0 radical (unpaired) electrons. The third kappa shape index (κ3) is 4.55. The van der Waals surface area contributed by atoms with Crippen LogP contribution in [0.25, 0.3) is 0 Å². The Morgan fingerprint density at radius 1 is 1.03 bits per heavy atom. The summed E-state index contributed by atoms with van der Waals surface area (Å²) in [5, 5.41) is 0.731. The molecule has 1 fully saturated rings. The van der Waals surface area contributed by atoms with Crippen molar-refractivity contribution in [2.75, 3.05) is 24.5 Å². The number of rotatable bonds is 4. The summed E-state index contributed by atoms with van der Waals surface area (Å²) >= 11 is 12.1. The highest BCUT2D eigenvalue weighted by Gasteiger charge is 2.29. The molecule has 9 heteroatoms. The molecule has 3 aromatic rings. The Hall–Kier alpha value is -2.90. The number of carbonyl (C=O) groups is 1. The van der Waals surface area contributed by atoms with Crippen molar-refractivity contribution in [2.24, 2.45) is 0 Å². The Labute approximate surface area is 207 Å². The first-order valence-electron chi connectivity index (χ1n) is 11.2. The zero-order valence-electron chi connectivity index (χ0n) is 18.7. The second-order valence-electron chi connectivity index (χ2n) is 8.57. The van der Waals surface area contributed by atoms with Gasteiger partial charge in [0.05, 0.1) is 27.8 Å². The maximum absolute atomic E-state index is 13.8. The van der Waals surface area contributed by atoms with Gasteiger partial charge in [-0.3, -0.25) is 4.79 Å². The maximum Gasteiger partial charge on any atom is 0.254 e. The molecule has 34 heavy (non-hydrogen) atoms. The van der Waals surface area contributed by atoms with Crippen LogP contribution in [-0.4, -0.2) is 40.4 Å². The van der Waals surface area contributed by atoms with E-state index >= 15 is 0 Å². The van der Waals surface area contributed by atoms with Gasteiger partial charge in [0.1, 0.15) is 11.6 Å². The van der Waals surface area contributed by atoms with Crippen molar-refractivity contribution in [3.8, 4) is 11.6 Å². The van der Waals surface area contributed by atoms with Crippen LogP contribution in [0.3, 0.4) is 0 Å². The average Bonchev–Trinajstić information content (AvgIpc) is 3.37. The van der Waals surface area contributed by atoms with Crippen molar-refractivity contribution in [3.63, 3.8) is 0 Å². The number of hydrogen-bond donors (Lipinski definition) is 0. The smallest absolute Gasteiger partial charge is 0.254 e. The number of hydrogen-bond acceptors (Lipinski definition) is 5. The van der Waals surface area contributed by atoms with E-state index in [-0.39, 0.29) is 11.7 Å². The van der Waals surface area contributed by atoms with Gasteiger partial charge >= 0.3 is 0 Å². The molecule has 0 saturated carbocycles. The lowest BCUT2D eigenvalue weighted by Gasteiger charge is -2.30. The molecule has 0 spiro atoms. The first-order chi connectivity index (χ1) is 16.4. The van der Waals surface area contributed by atoms with Crippen molar-refractivity contribution < 1.29 is 13.9 Å². The van der Waals surface area contributed by atoms with Crippen LogP contribution in [-0.2, 0) is 13.0 Å². The molecule has 3 heterocycles. The van der Waals surface area contributed by atoms with Crippen molar-refractivity contribution in [2.45, 2.75) is 32.7 Å². The second-order valence-corrected chi connectivity index (χ2v) is 9.38. The lowest BCUT2D eigenvalue weighted by Crippen LogP contribution is -2.37. The van der Waals surface area contributed by atoms with Gasteiger partial charge in [-0.2, -0.15) is 4.98 Å². The van der Waals surface area contributed by atoms with Crippen LogP contribution in [0.4, 0.5) is 10.3 Å². The summed E-state index contributed by atoms with van der Waals surface area (Å²) in [7, 11) is 0. The van der Waals surface area contributed by atoms with E-state index in [2.05, 4.69) is 4.90 Å². The number of anilines is 1. The fourth-order valence-electron chi connectivity index (χ4n) is 4.29. The van der Waals surface area contributed by atoms with Gasteiger partial charge in [-0.25, -0.2) is 9.37 Å². The van der Waals surface area contributed by atoms with E-state index in [4.69, 9.17) is 37.9 Å². The number of carbonyl (C=O) groups excluding carboxylic acids is 1. The van der Waals surface area contributed by atoms with Gasteiger partial charge in [0.15, 0.2) is 0 Å². The van der Waals surface area contributed by atoms with E-state index in [1.54, 1.807) is 42.2 Å². The van der Waals surface area contributed by atoms with Crippen LogP contribution in [0.1, 0.15) is 40.0 Å². The Morgan fingerprint density at radius 2 is 1.82 bits per heavy atom. The Balaban J connectivity index is 1.49. The highest BCUT2D eigenvalue weighted by molar-refractivity contribution is 6.42. The fourth-order valence-corrected chi connectivity index (χ4v) is 4.59. The summed E-state index contributed by atoms with van der Waals surface area (Å²) in [4.78, 5) is 26.6. The summed E-state index contributed by atoms with van der Waals surface area (Å²) < 4.78 is 19.9. The predicted molar refractivity (Wildman–Crippen MR) is 130 cm³/mol. The monoisotopic (exact) mass is 500 g/mol. The van der Waals surface area contributed by atoms with E-state index in [1.807, 2.05) is 0 Å². The van der Waals surface area contributed by atoms with Crippen LogP contribution in [0, 0.1) is 12.7 Å². The topological polar surface area (TPSA) is 58.6 Å². The number of benzene rings is 2. The van der Waals surface area contributed by atoms with Gasteiger partial charge in [0.25, 0.3) is 5.91 Å². The molecular formula is C25H23Cl2FN4O2. The normalized spacial score (nSPS) is 15.4. The van der Waals surface area contributed by atoms with Gasteiger partial charge in [-0.15, -0.1) is 0 Å². The van der Waals surface area contributed by atoms with E-state index < -0.39 is 0 Å². The number of ether oxygens (including phenoxy) is 1. The molecule has 2 aliphatic heterocycles. The third-order valence-electron chi connectivity index (χ3n) is 6.20. The molecule has 0 bridgehead atoms. The Bertz CT molecular complexity index is 1260. The number of fused-ring (bicyclic) bond motifs is 1. The van der Waals surface area contributed by atoms with Crippen molar-refractivity contribution in [3.05, 3.63) is 74.6 Å². The number of aryl methyl sites for hydroxylation is 1. The average molecular weight is 501 g/mol. The lowest BCUT2D eigenvalue weighted by molar-refractivity contribution is 0.0732. The summed E-state index contributed by atoms with van der Waals surface area (Å²) in [5.41, 5.74) is 2.56. The molecule has 5 rings (SSSR count). The quantitative estimate of drug-likeness (QED) is 0.451. The number of amides is 1. The molecule has 176 valence electrons. The largest absolute Gasteiger partial charge is 0.438 e. The SMILES string of the molecule is Cc1cc(Oc2nc(N3CCCC3)nc3c2CN(C(=O)c2ccc(Cl)c(Cl)c2)CC3)ccc1F. The van der Waals surface area contributed by atoms with Crippen LogP contribution in [0.5, 0.6) is 11.6 Å². The molecule has 0 atom stereocenters. The Kier molecular flexibility index (Phi) is 6.32.